The molecule has 0 radical (unpaired) electrons. The third kappa shape index (κ3) is 3.89. The molecule has 1 amide bonds. The van der Waals surface area contributed by atoms with Crippen LogP contribution in [0.25, 0.3) is 0 Å². The van der Waals surface area contributed by atoms with Gasteiger partial charge in [0.15, 0.2) is 5.69 Å². The molecule has 1 atom stereocenters. The van der Waals surface area contributed by atoms with Crippen molar-refractivity contribution in [3.63, 3.8) is 0 Å². The van der Waals surface area contributed by atoms with Crippen molar-refractivity contribution in [2.24, 2.45) is 0 Å². The van der Waals surface area contributed by atoms with Gasteiger partial charge in [0.1, 0.15) is 5.82 Å². The molecule has 0 spiro atoms. The van der Waals surface area contributed by atoms with Crippen LogP contribution in [0.3, 0.4) is 0 Å². The van der Waals surface area contributed by atoms with E-state index in [0.29, 0.717) is 17.6 Å². The van der Waals surface area contributed by atoms with E-state index in [1.807, 2.05) is 0 Å². The number of hydrogen-bond acceptors (Lipinski definition) is 5. The molecule has 0 unspecified atom stereocenters. The topological polar surface area (TPSA) is 70.2 Å². The monoisotopic (exact) mass is 263 g/mol. The summed E-state index contributed by atoms with van der Waals surface area (Å²) in [5.74, 6) is 0.586. The molecular formula is C13H21N5O. The molecular weight excluding hydrogens is 242 g/mol. The van der Waals surface area contributed by atoms with E-state index >= 15 is 0 Å². The van der Waals surface area contributed by atoms with Gasteiger partial charge in [-0.1, -0.05) is 0 Å². The molecule has 6 nitrogen and oxygen atoms in total. The van der Waals surface area contributed by atoms with Crippen LogP contribution in [0.2, 0.25) is 0 Å². The summed E-state index contributed by atoms with van der Waals surface area (Å²) < 4.78 is 0. The minimum Gasteiger partial charge on any atom is -0.369 e. The number of carbonyl (C=O) groups excluding carboxylic acids is 1. The van der Waals surface area contributed by atoms with Crippen LogP contribution in [0.15, 0.2) is 12.1 Å². The van der Waals surface area contributed by atoms with Crippen LogP contribution >= 0.6 is 0 Å². The molecule has 0 bridgehead atoms. The number of rotatable bonds is 5. The largest absolute Gasteiger partial charge is 0.369 e. The van der Waals surface area contributed by atoms with Crippen molar-refractivity contribution < 1.29 is 4.79 Å². The standard InChI is InChI=1S/C13H21N5O/c1-18(2)13(19)11-5-6-12(17-16-11)15-9-7-10-4-3-8-14-10/h5-6,10,14H,3-4,7-9H2,1-2H3,(H,15,17)/t10-/m1/s1. The minimum absolute atomic E-state index is 0.130. The Morgan fingerprint density at radius 2 is 2.32 bits per heavy atom. The lowest BCUT2D eigenvalue weighted by Crippen LogP contribution is -2.24. The predicted octanol–water partition coefficient (Wildman–Crippen LogP) is 0.732. The highest BCUT2D eigenvalue weighted by Crippen LogP contribution is 2.09. The smallest absolute Gasteiger partial charge is 0.273 e. The fraction of sp³-hybridized carbons (Fsp3) is 0.615. The molecule has 0 aromatic carbocycles. The van der Waals surface area contributed by atoms with Gasteiger partial charge < -0.3 is 15.5 Å². The Bertz CT molecular complexity index is 412. The molecule has 2 rings (SSSR count). The molecule has 0 saturated carbocycles. The zero-order chi connectivity index (χ0) is 13.7. The van der Waals surface area contributed by atoms with E-state index in [1.165, 1.54) is 17.7 Å². The van der Waals surface area contributed by atoms with Gasteiger partial charge in [-0.25, -0.2) is 0 Å². The van der Waals surface area contributed by atoms with E-state index in [9.17, 15) is 4.79 Å². The molecule has 2 heterocycles. The molecule has 19 heavy (non-hydrogen) atoms. The van der Waals surface area contributed by atoms with Crippen LogP contribution in [0.5, 0.6) is 0 Å². The first-order valence-electron chi connectivity index (χ1n) is 6.69. The number of nitrogens with zero attached hydrogens (tertiary/aromatic N) is 3. The first-order chi connectivity index (χ1) is 9.16. The van der Waals surface area contributed by atoms with Crippen molar-refractivity contribution in [1.82, 2.24) is 20.4 Å². The van der Waals surface area contributed by atoms with Crippen LogP contribution < -0.4 is 10.6 Å². The molecule has 104 valence electrons. The average Bonchev–Trinajstić information content (AvgIpc) is 2.92. The highest BCUT2D eigenvalue weighted by molar-refractivity contribution is 5.91. The summed E-state index contributed by atoms with van der Waals surface area (Å²) >= 11 is 0. The number of aromatic nitrogens is 2. The molecule has 1 saturated heterocycles. The number of hydrogen-bond donors (Lipinski definition) is 2. The Hall–Kier alpha value is -1.69. The second-order valence-electron chi connectivity index (χ2n) is 5.01. The van der Waals surface area contributed by atoms with Gasteiger partial charge in [-0.2, -0.15) is 0 Å². The third-order valence-corrected chi connectivity index (χ3v) is 3.25. The summed E-state index contributed by atoms with van der Waals surface area (Å²) in [5, 5.41) is 14.6. The van der Waals surface area contributed by atoms with Gasteiger partial charge in [-0.05, 0) is 37.9 Å². The van der Waals surface area contributed by atoms with Gasteiger partial charge >= 0.3 is 0 Å². The maximum absolute atomic E-state index is 11.6. The number of anilines is 1. The molecule has 1 aromatic rings. The second-order valence-corrected chi connectivity index (χ2v) is 5.01. The number of carbonyl (C=O) groups is 1. The highest BCUT2D eigenvalue weighted by atomic mass is 16.2. The van der Waals surface area contributed by atoms with Crippen LogP contribution in [0.4, 0.5) is 5.82 Å². The third-order valence-electron chi connectivity index (χ3n) is 3.25. The maximum atomic E-state index is 11.6. The average molecular weight is 263 g/mol. The van der Waals surface area contributed by atoms with E-state index < -0.39 is 0 Å². The fourth-order valence-corrected chi connectivity index (χ4v) is 2.15. The minimum atomic E-state index is -0.130. The Balaban J connectivity index is 1.79. The summed E-state index contributed by atoms with van der Waals surface area (Å²) in [7, 11) is 3.40. The van der Waals surface area contributed by atoms with Gasteiger partial charge in [0.25, 0.3) is 5.91 Å². The Kier molecular flexibility index (Phi) is 4.68. The molecule has 1 fully saturated rings. The molecule has 1 aromatic heterocycles. The van der Waals surface area contributed by atoms with Gasteiger partial charge in [0, 0.05) is 26.7 Å². The summed E-state index contributed by atoms with van der Waals surface area (Å²) in [6.07, 6.45) is 3.61. The summed E-state index contributed by atoms with van der Waals surface area (Å²) in [6, 6.07) is 4.12. The SMILES string of the molecule is CN(C)C(=O)c1ccc(NCC[C@H]2CCCN2)nn1. The summed E-state index contributed by atoms with van der Waals surface area (Å²) in [6.45, 7) is 2.00. The summed E-state index contributed by atoms with van der Waals surface area (Å²) in [5.41, 5.74) is 0.369. The second kappa shape index (κ2) is 6.47. The van der Waals surface area contributed by atoms with E-state index in [2.05, 4.69) is 20.8 Å². The van der Waals surface area contributed by atoms with Gasteiger partial charge in [0.05, 0.1) is 0 Å². The van der Waals surface area contributed by atoms with E-state index in [4.69, 9.17) is 0 Å². The first-order valence-corrected chi connectivity index (χ1v) is 6.69. The van der Waals surface area contributed by atoms with Crippen molar-refractivity contribution in [2.45, 2.75) is 25.3 Å². The van der Waals surface area contributed by atoms with Crippen molar-refractivity contribution in [3.05, 3.63) is 17.8 Å². The molecule has 1 aliphatic heterocycles. The van der Waals surface area contributed by atoms with Crippen LogP contribution in [0.1, 0.15) is 29.8 Å². The fourth-order valence-electron chi connectivity index (χ4n) is 2.15. The zero-order valence-electron chi connectivity index (χ0n) is 11.5. The van der Waals surface area contributed by atoms with Gasteiger partial charge in [-0.3, -0.25) is 4.79 Å². The highest BCUT2D eigenvalue weighted by Gasteiger charge is 2.13. The number of amides is 1. The van der Waals surface area contributed by atoms with E-state index in [1.54, 1.807) is 26.2 Å². The number of nitrogens with one attached hydrogen (secondary N) is 2. The van der Waals surface area contributed by atoms with Crippen LogP contribution in [0, 0.1) is 0 Å². The lowest BCUT2D eigenvalue weighted by molar-refractivity contribution is 0.0821. The first kappa shape index (κ1) is 13.7. The molecule has 2 N–H and O–H groups in total. The normalized spacial score (nSPS) is 18.3. The molecule has 1 aliphatic rings. The van der Waals surface area contributed by atoms with Crippen molar-refractivity contribution in [3.8, 4) is 0 Å². The summed E-state index contributed by atoms with van der Waals surface area (Å²) in [4.78, 5) is 13.1. The van der Waals surface area contributed by atoms with E-state index in [0.717, 1.165) is 19.5 Å². The lowest BCUT2D eigenvalue weighted by Gasteiger charge is -2.11. The van der Waals surface area contributed by atoms with Crippen molar-refractivity contribution in [2.75, 3.05) is 32.5 Å². The van der Waals surface area contributed by atoms with Gasteiger partial charge in [0.2, 0.25) is 0 Å². The Morgan fingerprint density at radius 3 is 2.89 bits per heavy atom. The predicted molar refractivity (Wildman–Crippen MR) is 74.2 cm³/mol. The molecule has 6 heteroatoms. The quantitative estimate of drug-likeness (QED) is 0.819. The molecule has 0 aliphatic carbocycles. The van der Waals surface area contributed by atoms with Crippen LogP contribution in [-0.2, 0) is 0 Å². The Morgan fingerprint density at radius 1 is 1.47 bits per heavy atom. The van der Waals surface area contributed by atoms with Gasteiger partial charge in [-0.15, -0.1) is 10.2 Å². The van der Waals surface area contributed by atoms with E-state index in [-0.39, 0.29) is 5.91 Å². The maximum Gasteiger partial charge on any atom is 0.273 e. The van der Waals surface area contributed by atoms with Crippen LogP contribution in [-0.4, -0.2) is 54.2 Å². The zero-order valence-corrected chi connectivity index (χ0v) is 11.5. The van der Waals surface area contributed by atoms with Crippen molar-refractivity contribution >= 4 is 11.7 Å². The lowest BCUT2D eigenvalue weighted by atomic mass is 10.1. The van der Waals surface area contributed by atoms with Crippen molar-refractivity contribution in [1.29, 1.82) is 0 Å². The Labute approximate surface area is 113 Å².